The van der Waals surface area contributed by atoms with Crippen molar-refractivity contribution in [3.8, 4) is 0 Å². The van der Waals surface area contributed by atoms with Crippen molar-refractivity contribution in [3.63, 3.8) is 0 Å². The highest BCUT2D eigenvalue weighted by atomic mass is 16.6. The molecule has 0 saturated heterocycles. The molecule has 0 aromatic heterocycles. The molecule has 4 nitrogen and oxygen atoms in total. The molecule has 4 heteroatoms. The molecule has 0 aromatic carbocycles. The Labute approximate surface area is 77.4 Å². The van der Waals surface area contributed by atoms with E-state index in [-0.39, 0.29) is 6.09 Å². The van der Waals surface area contributed by atoms with Gasteiger partial charge < -0.3 is 9.47 Å². The molecule has 0 radical (unpaired) electrons. The average Bonchev–Trinajstić information content (AvgIpc) is 2.18. The lowest BCUT2D eigenvalue weighted by Crippen LogP contribution is -2.28. The second kappa shape index (κ2) is 4.54. The van der Waals surface area contributed by atoms with E-state index in [1.54, 1.807) is 26.3 Å². The van der Waals surface area contributed by atoms with Gasteiger partial charge in [0.15, 0.2) is 0 Å². The van der Waals surface area contributed by atoms with E-state index in [1.165, 1.54) is 4.90 Å². The van der Waals surface area contributed by atoms with Crippen molar-refractivity contribution in [3.05, 3.63) is 24.1 Å². The Kier molecular flexibility index (Phi) is 3.37. The Balaban J connectivity index is 2.47. The Hall–Kier alpha value is -1.45. The Morgan fingerprint density at radius 1 is 1.69 bits per heavy atom. The molecule has 13 heavy (non-hydrogen) atoms. The van der Waals surface area contributed by atoms with Crippen LogP contribution in [0.5, 0.6) is 0 Å². The van der Waals surface area contributed by atoms with Gasteiger partial charge >= 0.3 is 6.09 Å². The molecule has 1 aliphatic heterocycles. The second-order valence-corrected chi connectivity index (χ2v) is 2.48. The summed E-state index contributed by atoms with van der Waals surface area (Å²) in [6, 6.07) is 0. The summed E-state index contributed by atoms with van der Waals surface area (Å²) >= 11 is 0. The number of ether oxygens (including phenoxy) is 2. The molecule has 0 aliphatic carbocycles. The van der Waals surface area contributed by atoms with Crippen molar-refractivity contribution < 1.29 is 14.3 Å². The molecule has 1 heterocycles. The minimum atomic E-state index is -0.329. The van der Waals surface area contributed by atoms with Gasteiger partial charge in [-0.25, -0.2) is 4.79 Å². The van der Waals surface area contributed by atoms with Crippen molar-refractivity contribution in [1.82, 2.24) is 4.90 Å². The number of methoxy groups -OCH3 is 1. The van der Waals surface area contributed by atoms with Crippen molar-refractivity contribution in [2.75, 3.05) is 20.3 Å². The number of hydrogen-bond donors (Lipinski definition) is 0. The summed E-state index contributed by atoms with van der Waals surface area (Å²) in [4.78, 5) is 12.7. The zero-order valence-electron chi connectivity index (χ0n) is 7.82. The Bertz CT molecular complexity index is 245. The van der Waals surface area contributed by atoms with Crippen LogP contribution >= 0.6 is 0 Å². The normalized spacial score (nSPS) is 15.2. The molecular weight excluding hydrogens is 170 g/mol. The first kappa shape index (κ1) is 9.64. The van der Waals surface area contributed by atoms with Crippen LogP contribution in [0, 0.1) is 0 Å². The maximum atomic E-state index is 11.2. The molecule has 0 fully saturated rings. The van der Waals surface area contributed by atoms with E-state index in [4.69, 9.17) is 9.47 Å². The average molecular weight is 183 g/mol. The van der Waals surface area contributed by atoms with Gasteiger partial charge in [-0.3, -0.25) is 4.90 Å². The molecule has 0 aromatic rings. The standard InChI is InChI=1S/C9H13NO3/c1-3-13-9(11)10-6-4-8(12-2)5-7-10/h4-6H,3,7H2,1-2H3. The van der Waals surface area contributed by atoms with Crippen LogP contribution in [0.3, 0.4) is 0 Å². The van der Waals surface area contributed by atoms with E-state index in [2.05, 4.69) is 0 Å². The zero-order chi connectivity index (χ0) is 9.68. The third-order valence-electron chi connectivity index (χ3n) is 1.65. The lowest BCUT2D eigenvalue weighted by atomic mass is 10.3. The smallest absolute Gasteiger partial charge is 0.414 e. The minimum Gasteiger partial charge on any atom is -0.497 e. The summed E-state index contributed by atoms with van der Waals surface area (Å²) in [5, 5.41) is 0. The number of rotatable bonds is 2. The molecule has 0 unspecified atom stereocenters. The van der Waals surface area contributed by atoms with Crippen LogP contribution in [-0.2, 0) is 9.47 Å². The van der Waals surface area contributed by atoms with Crippen molar-refractivity contribution in [2.45, 2.75) is 6.92 Å². The van der Waals surface area contributed by atoms with E-state index < -0.39 is 0 Å². The second-order valence-electron chi connectivity index (χ2n) is 2.48. The van der Waals surface area contributed by atoms with Crippen LogP contribution in [0.2, 0.25) is 0 Å². The number of carbonyl (C=O) groups is 1. The predicted octanol–water partition coefficient (Wildman–Crippen LogP) is 1.50. The molecule has 0 spiro atoms. The minimum absolute atomic E-state index is 0.329. The van der Waals surface area contributed by atoms with Crippen molar-refractivity contribution >= 4 is 6.09 Å². The van der Waals surface area contributed by atoms with Gasteiger partial charge in [-0.15, -0.1) is 0 Å². The lowest BCUT2D eigenvalue weighted by molar-refractivity contribution is 0.124. The molecule has 1 rings (SSSR count). The van der Waals surface area contributed by atoms with Crippen LogP contribution in [0.15, 0.2) is 24.1 Å². The van der Waals surface area contributed by atoms with Gasteiger partial charge in [-0.05, 0) is 19.1 Å². The van der Waals surface area contributed by atoms with Crippen LogP contribution in [-0.4, -0.2) is 31.3 Å². The fourth-order valence-electron chi connectivity index (χ4n) is 0.974. The SMILES string of the molecule is CCOC(=O)N1C=CC(OC)=CC1. The van der Waals surface area contributed by atoms with E-state index in [0.717, 1.165) is 5.76 Å². The van der Waals surface area contributed by atoms with Gasteiger partial charge in [-0.2, -0.15) is 0 Å². The van der Waals surface area contributed by atoms with E-state index >= 15 is 0 Å². The van der Waals surface area contributed by atoms with Gasteiger partial charge in [0.25, 0.3) is 0 Å². The van der Waals surface area contributed by atoms with Gasteiger partial charge in [-0.1, -0.05) is 0 Å². The molecule has 0 N–H and O–H groups in total. The van der Waals surface area contributed by atoms with Crippen LogP contribution in [0.25, 0.3) is 0 Å². The number of hydrogen-bond acceptors (Lipinski definition) is 3. The van der Waals surface area contributed by atoms with Gasteiger partial charge in [0.2, 0.25) is 0 Å². The quantitative estimate of drug-likeness (QED) is 0.651. The number of nitrogens with zero attached hydrogens (tertiary/aromatic N) is 1. The predicted molar refractivity (Wildman–Crippen MR) is 48.0 cm³/mol. The first-order valence-corrected chi connectivity index (χ1v) is 4.13. The first-order valence-electron chi connectivity index (χ1n) is 4.13. The summed E-state index contributed by atoms with van der Waals surface area (Å²) in [5.41, 5.74) is 0. The van der Waals surface area contributed by atoms with Crippen LogP contribution in [0.1, 0.15) is 6.92 Å². The summed E-state index contributed by atoms with van der Waals surface area (Å²) in [5.74, 6) is 0.764. The van der Waals surface area contributed by atoms with Crippen LogP contribution in [0.4, 0.5) is 4.79 Å². The largest absolute Gasteiger partial charge is 0.497 e. The van der Waals surface area contributed by atoms with Gasteiger partial charge in [0.1, 0.15) is 5.76 Å². The highest BCUT2D eigenvalue weighted by molar-refractivity contribution is 5.69. The highest BCUT2D eigenvalue weighted by Crippen LogP contribution is 2.08. The summed E-state index contributed by atoms with van der Waals surface area (Å²) in [6.45, 7) is 2.67. The third kappa shape index (κ3) is 2.50. The summed E-state index contributed by atoms with van der Waals surface area (Å²) in [7, 11) is 1.59. The number of carbonyl (C=O) groups excluding carboxylic acids is 1. The molecule has 0 saturated carbocycles. The molecular formula is C9H13NO3. The monoisotopic (exact) mass is 183 g/mol. The van der Waals surface area contributed by atoms with Gasteiger partial charge in [0, 0.05) is 6.20 Å². The highest BCUT2D eigenvalue weighted by Gasteiger charge is 2.13. The fraction of sp³-hybridized carbons (Fsp3) is 0.444. The Morgan fingerprint density at radius 2 is 2.46 bits per heavy atom. The van der Waals surface area contributed by atoms with E-state index in [1.807, 2.05) is 6.08 Å². The van der Waals surface area contributed by atoms with E-state index in [0.29, 0.717) is 13.2 Å². The number of amides is 1. The van der Waals surface area contributed by atoms with E-state index in [9.17, 15) is 4.79 Å². The van der Waals surface area contributed by atoms with Crippen molar-refractivity contribution in [1.29, 1.82) is 0 Å². The topological polar surface area (TPSA) is 38.8 Å². The van der Waals surface area contributed by atoms with Crippen LogP contribution < -0.4 is 0 Å². The molecule has 72 valence electrons. The summed E-state index contributed by atoms with van der Waals surface area (Å²) in [6.07, 6.45) is 4.86. The first-order chi connectivity index (χ1) is 6.27. The maximum Gasteiger partial charge on any atom is 0.414 e. The fourth-order valence-corrected chi connectivity index (χ4v) is 0.974. The van der Waals surface area contributed by atoms with Gasteiger partial charge in [0.05, 0.1) is 20.3 Å². The third-order valence-corrected chi connectivity index (χ3v) is 1.65. The zero-order valence-corrected chi connectivity index (χ0v) is 7.82. The van der Waals surface area contributed by atoms with Crippen molar-refractivity contribution in [2.24, 2.45) is 0 Å². The lowest BCUT2D eigenvalue weighted by Gasteiger charge is -2.19. The maximum absolute atomic E-state index is 11.2. The molecule has 1 aliphatic rings. The number of allylic oxidation sites excluding steroid dienone is 1. The summed E-state index contributed by atoms with van der Waals surface area (Å²) < 4.78 is 9.79. The Morgan fingerprint density at radius 3 is 2.92 bits per heavy atom. The molecule has 0 bridgehead atoms. The molecule has 1 amide bonds. The molecule has 0 atom stereocenters.